The number of ether oxygens (including phenoxy) is 1. The van der Waals surface area contributed by atoms with Gasteiger partial charge < -0.3 is 9.64 Å². The van der Waals surface area contributed by atoms with Gasteiger partial charge in [0.15, 0.2) is 0 Å². The van der Waals surface area contributed by atoms with E-state index in [1.165, 1.54) is 81.9 Å². The van der Waals surface area contributed by atoms with Crippen molar-refractivity contribution in [3.8, 4) is 22.3 Å². The molecule has 0 N–H and O–H groups in total. The van der Waals surface area contributed by atoms with Crippen LogP contribution in [0.15, 0.2) is 127 Å². The highest BCUT2D eigenvalue weighted by atomic mass is 16.4. The van der Waals surface area contributed by atoms with Crippen LogP contribution in [0.3, 0.4) is 0 Å². The fourth-order valence-electron chi connectivity index (χ4n) is 7.42. The van der Waals surface area contributed by atoms with Gasteiger partial charge in [0.1, 0.15) is 0 Å². The summed E-state index contributed by atoms with van der Waals surface area (Å²) < 4.78 is 4.25. The number of rotatable bonds is 2. The maximum absolute atomic E-state index is 4.25. The lowest BCUT2D eigenvalue weighted by Crippen LogP contribution is -2.27. The average Bonchev–Trinajstić information content (AvgIpc) is 3.10. The summed E-state index contributed by atoms with van der Waals surface area (Å²) in [6.07, 6.45) is 7.07. The maximum Gasteiger partial charge on any atom is 0.0573 e. The lowest BCUT2D eigenvalue weighted by molar-refractivity contribution is 0.277. The van der Waals surface area contributed by atoms with E-state index in [4.69, 9.17) is 0 Å². The summed E-state index contributed by atoms with van der Waals surface area (Å²) in [5.41, 5.74) is 9.15. The van der Waals surface area contributed by atoms with E-state index in [-0.39, 0.29) is 0 Å². The largest absolute Gasteiger partial charge is 0.388 e. The molecular formula is C43H35NO. The molecule has 1 aliphatic heterocycles. The summed E-state index contributed by atoms with van der Waals surface area (Å²) in [5.74, 6) is 0. The molecule has 0 spiro atoms. The molecule has 2 aliphatic rings. The van der Waals surface area contributed by atoms with E-state index in [0.717, 1.165) is 19.4 Å². The Labute approximate surface area is 264 Å². The molecule has 0 bridgehead atoms. The smallest absolute Gasteiger partial charge is 0.0573 e. The molecule has 0 fully saturated rings. The lowest BCUT2D eigenvalue weighted by Gasteiger charge is -2.35. The molecule has 0 radical (unpaired) electrons. The van der Waals surface area contributed by atoms with Gasteiger partial charge >= 0.3 is 0 Å². The second-order valence-corrected chi connectivity index (χ2v) is 12.0. The molecular weight excluding hydrogens is 546 g/mol. The zero-order chi connectivity index (χ0) is 30.3. The Kier molecular flexibility index (Phi) is 6.93. The van der Waals surface area contributed by atoms with Crippen molar-refractivity contribution in [2.75, 3.05) is 19.1 Å². The number of fused-ring (bicyclic) bond motifs is 8. The van der Waals surface area contributed by atoms with Crippen LogP contribution in [-0.2, 0) is 11.3 Å². The van der Waals surface area contributed by atoms with Crippen LogP contribution in [0.4, 0.5) is 11.4 Å². The van der Waals surface area contributed by atoms with Crippen molar-refractivity contribution in [2.45, 2.75) is 19.4 Å². The molecule has 0 atom stereocenters. The number of methoxy groups -OCH3 is 1. The van der Waals surface area contributed by atoms with E-state index in [1.807, 2.05) is 0 Å². The fourth-order valence-corrected chi connectivity index (χ4v) is 7.42. The van der Waals surface area contributed by atoms with Gasteiger partial charge in [-0.3, -0.25) is 0 Å². The number of hydrogen-bond donors (Lipinski definition) is 0. The van der Waals surface area contributed by atoms with Crippen molar-refractivity contribution in [1.29, 1.82) is 0 Å². The Morgan fingerprint density at radius 2 is 1.18 bits per heavy atom. The molecule has 7 aromatic carbocycles. The molecule has 0 amide bonds. The Morgan fingerprint density at radius 1 is 0.556 bits per heavy atom. The van der Waals surface area contributed by atoms with Crippen LogP contribution < -0.4 is 15.3 Å². The van der Waals surface area contributed by atoms with Crippen LogP contribution in [-0.4, -0.2) is 14.2 Å². The van der Waals surface area contributed by atoms with Gasteiger partial charge in [-0.05, 0) is 85.3 Å². The predicted octanol–water partition coefficient (Wildman–Crippen LogP) is 9.75. The molecule has 0 saturated carbocycles. The molecule has 9 rings (SSSR count). The van der Waals surface area contributed by atoms with Gasteiger partial charge in [-0.25, -0.2) is 0 Å². The van der Waals surface area contributed by atoms with Crippen LogP contribution in [0.5, 0.6) is 0 Å². The SMILES string of the molecule is C1=c2ccc3cc4c(cc3c2=CCC1)-c1ccccc1N(c1c2ccccc2c(-c2ccccc2)c2ccccc12)C4.COC. The van der Waals surface area contributed by atoms with Crippen LogP contribution in [0.1, 0.15) is 18.4 Å². The number of para-hydroxylation sites is 1. The van der Waals surface area contributed by atoms with Crippen LogP contribution in [0, 0.1) is 0 Å². The number of nitrogens with zero attached hydrogens (tertiary/aromatic N) is 1. The van der Waals surface area contributed by atoms with Crippen molar-refractivity contribution < 1.29 is 4.74 Å². The first-order valence-electron chi connectivity index (χ1n) is 15.8. The topological polar surface area (TPSA) is 12.5 Å². The summed E-state index contributed by atoms with van der Waals surface area (Å²) >= 11 is 0. The Morgan fingerprint density at radius 3 is 1.91 bits per heavy atom. The summed E-state index contributed by atoms with van der Waals surface area (Å²) in [7, 11) is 3.25. The van der Waals surface area contributed by atoms with Gasteiger partial charge in [0, 0.05) is 42.8 Å². The normalized spacial score (nSPS) is 13.2. The first kappa shape index (κ1) is 27.4. The molecule has 7 aromatic rings. The van der Waals surface area contributed by atoms with E-state index < -0.39 is 0 Å². The van der Waals surface area contributed by atoms with Crippen molar-refractivity contribution in [2.24, 2.45) is 0 Å². The third-order valence-corrected chi connectivity index (χ3v) is 9.25. The van der Waals surface area contributed by atoms with Gasteiger partial charge in [-0.15, -0.1) is 0 Å². The second kappa shape index (κ2) is 11.4. The van der Waals surface area contributed by atoms with Crippen LogP contribution in [0.2, 0.25) is 0 Å². The Bertz CT molecular complexity index is 2300. The highest BCUT2D eigenvalue weighted by Gasteiger charge is 2.27. The van der Waals surface area contributed by atoms with E-state index in [0.29, 0.717) is 0 Å². The van der Waals surface area contributed by atoms with E-state index in [1.54, 1.807) is 14.2 Å². The number of benzene rings is 7. The molecule has 0 unspecified atom stereocenters. The minimum absolute atomic E-state index is 0.827. The van der Waals surface area contributed by atoms with Crippen molar-refractivity contribution >= 4 is 55.8 Å². The first-order chi connectivity index (χ1) is 22.3. The zero-order valence-corrected chi connectivity index (χ0v) is 25.8. The van der Waals surface area contributed by atoms with Gasteiger partial charge in [0.25, 0.3) is 0 Å². The summed E-state index contributed by atoms with van der Waals surface area (Å²) in [4.78, 5) is 2.57. The molecule has 218 valence electrons. The predicted molar refractivity (Wildman–Crippen MR) is 192 cm³/mol. The molecule has 0 aromatic heterocycles. The number of anilines is 2. The second-order valence-electron chi connectivity index (χ2n) is 12.0. The van der Waals surface area contributed by atoms with E-state index in [2.05, 4.69) is 149 Å². The minimum atomic E-state index is 0.827. The van der Waals surface area contributed by atoms with Crippen LogP contribution >= 0.6 is 0 Å². The summed E-state index contributed by atoms with van der Waals surface area (Å²) in [6, 6.07) is 47.3. The van der Waals surface area contributed by atoms with E-state index >= 15 is 0 Å². The lowest BCUT2D eigenvalue weighted by atomic mass is 9.87. The zero-order valence-electron chi connectivity index (χ0n) is 25.8. The minimum Gasteiger partial charge on any atom is -0.388 e. The summed E-state index contributed by atoms with van der Waals surface area (Å²) in [6.45, 7) is 0.827. The first-order valence-corrected chi connectivity index (χ1v) is 15.8. The van der Waals surface area contributed by atoms with Crippen molar-refractivity contribution in [3.05, 3.63) is 143 Å². The molecule has 0 saturated heterocycles. The molecule has 2 nitrogen and oxygen atoms in total. The average molecular weight is 582 g/mol. The Balaban J connectivity index is 0.000000966. The standard InChI is InChI=1S/C41H29N.C2H6O/c1-2-13-28(14-3-1)40-33-17-6-8-19-35(33)41(36-20-9-7-18-34(36)40)42-26-30-24-29-23-22-27-12-4-5-15-31(27)37(29)25-38(30)32-16-10-11-21-39(32)42;1-3-2/h1-3,6-25H,4-5,26H2;1-2H3. The van der Waals surface area contributed by atoms with E-state index in [9.17, 15) is 0 Å². The van der Waals surface area contributed by atoms with Gasteiger partial charge in [-0.1, -0.05) is 121 Å². The molecule has 1 heterocycles. The Hall–Kier alpha value is -5.18. The molecule has 2 heteroatoms. The third-order valence-electron chi connectivity index (χ3n) is 9.25. The maximum atomic E-state index is 4.25. The van der Waals surface area contributed by atoms with Crippen molar-refractivity contribution in [3.63, 3.8) is 0 Å². The fraction of sp³-hybridized carbons (Fsp3) is 0.116. The van der Waals surface area contributed by atoms with Crippen LogP contribution in [0.25, 0.3) is 66.7 Å². The monoisotopic (exact) mass is 581 g/mol. The number of hydrogen-bond acceptors (Lipinski definition) is 2. The molecule has 1 aliphatic carbocycles. The van der Waals surface area contributed by atoms with Gasteiger partial charge in [-0.2, -0.15) is 0 Å². The third kappa shape index (κ3) is 4.53. The summed E-state index contributed by atoms with van der Waals surface area (Å²) in [5, 5.41) is 10.6. The quantitative estimate of drug-likeness (QED) is 0.189. The van der Waals surface area contributed by atoms with Gasteiger partial charge in [0.05, 0.1) is 5.69 Å². The molecule has 45 heavy (non-hydrogen) atoms. The highest BCUT2D eigenvalue weighted by Crippen LogP contribution is 2.50. The van der Waals surface area contributed by atoms with Crippen molar-refractivity contribution in [1.82, 2.24) is 0 Å². The highest BCUT2D eigenvalue weighted by molar-refractivity contribution is 6.22. The van der Waals surface area contributed by atoms with Gasteiger partial charge in [0.2, 0.25) is 0 Å².